The summed E-state index contributed by atoms with van der Waals surface area (Å²) in [7, 11) is 0. The Morgan fingerprint density at radius 2 is 2.19 bits per heavy atom. The van der Waals surface area contributed by atoms with Gasteiger partial charge in [0.2, 0.25) is 5.76 Å². The van der Waals surface area contributed by atoms with Crippen LogP contribution in [0.4, 0.5) is 5.69 Å². The monoisotopic (exact) mass is 287 g/mol. The minimum absolute atomic E-state index is 0.0391. The molecule has 1 aromatic carbocycles. The molecule has 0 amide bonds. The van der Waals surface area contributed by atoms with E-state index >= 15 is 0 Å². The molecule has 0 fully saturated rings. The number of nitro groups is 1. The van der Waals surface area contributed by atoms with Crippen molar-refractivity contribution in [3.8, 4) is 11.3 Å². The summed E-state index contributed by atoms with van der Waals surface area (Å²) < 4.78 is 10.3. The average Bonchev–Trinajstić information content (AvgIpc) is 2.94. The zero-order chi connectivity index (χ0) is 15.4. The summed E-state index contributed by atoms with van der Waals surface area (Å²) in [6.07, 6.45) is 1.45. The van der Waals surface area contributed by atoms with Crippen molar-refractivity contribution in [3.05, 3.63) is 64.4 Å². The second-order valence-corrected chi connectivity index (χ2v) is 4.31. The number of rotatable bonds is 5. The molecular weight excluding hydrogens is 274 g/mol. The van der Waals surface area contributed by atoms with Crippen LogP contribution in [0.15, 0.2) is 47.4 Å². The van der Waals surface area contributed by atoms with Crippen LogP contribution < -0.4 is 0 Å². The molecule has 0 atom stereocenters. The van der Waals surface area contributed by atoms with Crippen LogP contribution in [0, 0.1) is 17.0 Å². The van der Waals surface area contributed by atoms with Crippen LogP contribution in [0.25, 0.3) is 11.3 Å². The maximum absolute atomic E-state index is 11.6. The fourth-order valence-electron chi connectivity index (χ4n) is 1.79. The van der Waals surface area contributed by atoms with Crippen molar-refractivity contribution >= 4 is 11.7 Å². The zero-order valence-electron chi connectivity index (χ0n) is 11.4. The summed E-state index contributed by atoms with van der Waals surface area (Å²) in [4.78, 5) is 22.0. The van der Waals surface area contributed by atoms with Gasteiger partial charge in [-0.3, -0.25) is 10.1 Å². The molecule has 1 heterocycles. The van der Waals surface area contributed by atoms with E-state index in [1.54, 1.807) is 19.1 Å². The molecule has 6 nitrogen and oxygen atoms in total. The first kappa shape index (κ1) is 14.5. The zero-order valence-corrected chi connectivity index (χ0v) is 11.4. The van der Waals surface area contributed by atoms with Gasteiger partial charge in [0, 0.05) is 17.7 Å². The number of ether oxygens (including phenoxy) is 1. The van der Waals surface area contributed by atoms with Gasteiger partial charge in [-0.1, -0.05) is 18.7 Å². The highest BCUT2D eigenvalue weighted by atomic mass is 16.6. The normalized spacial score (nSPS) is 10.1. The van der Waals surface area contributed by atoms with Gasteiger partial charge in [0.25, 0.3) is 5.69 Å². The fraction of sp³-hybridized carbons (Fsp3) is 0.133. The Kier molecular flexibility index (Phi) is 4.18. The number of esters is 1. The molecular formula is C15H13NO5. The van der Waals surface area contributed by atoms with Crippen LogP contribution in [0.3, 0.4) is 0 Å². The van der Waals surface area contributed by atoms with Crippen LogP contribution in [0.2, 0.25) is 0 Å². The molecule has 108 valence electrons. The lowest BCUT2D eigenvalue weighted by Gasteiger charge is -2.02. The van der Waals surface area contributed by atoms with E-state index in [1.165, 1.54) is 24.3 Å². The van der Waals surface area contributed by atoms with Gasteiger partial charge in [0.1, 0.15) is 12.4 Å². The van der Waals surface area contributed by atoms with Crippen LogP contribution in [-0.2, 0) is 4.74 Å². The SMILES string of the molecule is C=CCOC(=O)c1ccc(-c2cc([N+](=O)[O-])ccc2C)o1. The van der Waals surface area contributed by atoms with Crippen molar-refractivity contribution in [2.24, 2.45) is 0 Å². The van der Waals surface area contributed by atoms with Crippen molar-refractivity contribution in [1.29, 1.82) is 0 Å². The lowest BCUT2D eigenvalue weighted by molar-refractivity contribution is -0.384. The van der Waals surface area contributed by atoms with E-state index in [2.05, 4.69) is 6.58 Å². The van der Waals surface area contributed by atoms with Crippen molar-refractivity contribution in [3.63, 3.8) is 0 Å². The summed E-state index contributed by atoms with van der Waals surface area (Å²) in [6, 6.07) is 7.51. The molecule has 0 radical (unpaired) electrons. The molecule has 0 aliphatic rings. The first-order valence-electron chi connectivity index (χ1n) is 6.16. The number of furan rings is 1. The Hall–Kier alpha value is -2.89. The largest absolute Gasteiger partial charge is 0.456 e. The van der Waals surface area contributed by atoms with Crippen molar-refractivity contribution in [2.75, 3.05) is 6.61 Å². The molecule has 0 aliphatic carbocycles. The van der Waals surface area contributed by atoms with Crippen molar-refractivity contribution < 1.29 is 18.9 Å². The van der Waals surface area contributed by atoms with Gasteiger partial charge < -0.3 is 9.15 Å². The van der Waals surface area contributed by atoms with E-state index in [-0.39, 0.29) is 18.1 Å². The quantitative estimate of drug-likeness (QED) is 0.364. The molecule has 0 bridgehead atoms. The Morgan fingerprint density at radius 1 is 1.43 bits per heavy atom. The van der Waals surface area contributed by atoms with Crippen molar-refractivity contribution in [2.45, 2.75) is 6.92 Å². The summed E-state index contributed by atoms with van der Waals surface area (Å²) in [6.45, 7) is 5.34. The molecule has 0 saturated heterocycles. The summed E-state index contributed by atoms with van der Waals surface area (Å²) in [5.74, 6) is -0.191. The summed E-state index contributed by atoms with van der Waals surface area (Å²) in [5.41, 5.74) is 1.33. The van der Waals surface area contributed by atoms with E-state index < -0.39 is 10.9 Å². The van der Waals surface area contributed by atoms with E-state index in [4.69, 9.17) is 9.15 Å². The summed E-state index contributed by atoms with van der Waals surface area (Å²) >= 11 is 0. The molecule has 0 saturated carbocycles. The predicted octanol–water partition coefficient (Wildman–Crippen LogP) is 3.51. The molecule has 21 heavy (non-hydrogen) atoms. The fourth-order valence-corrected chi connectivity index (χ4v) is 1.79. The number of nitro benzene ring substituents is 1. The first-order valence-corrected chi connectivity index (χ1v) is 6.16. The highest BCUT2D eigenvalue weighted by Gasteiger charge is 2.16. The Labute approximate surface area is 120 Å². The van der Waals surface area contributed by atoms with E-state index in [0.717, 1.165) is 5.56 Å². The standard InChI is InChI=1S/C15H13NO5/c1-3-8-20-15(17)14-7-6-13(21-14)12-9-11(16(18)19)5-4-10(12)2/h3-7,9H,1,8H2,2H3. The molecule has 2 rings (SSSR count). The maximum Gasteiger partial charge on any atom is 0.374 e. The number of hydrogen-bond donors (Lipinski definition) is 0. The molecule has 1 aromatic heterocycles. The van der Waals surface area contributed by atoms with Crippen LogP contribution >= 0.6 is 0 Å². The van der Waals surface area contributed by atoms with Gasteiger partial charge in [-0.2, -0.15) is 0 Å². The van der Waals surface area contributed by atoms with Crippen LogP contribution in [0.1, 0.15) is 16.1 Å². The highest BCUT2D eigenvalue weighted by molar-refractivity contribution is 5.87. The lowest BCUT2D eigenvalue weighted by atomic mass is 10.1. The van der Waals surface area contributed by atoms with E-state index in [0.29, 0.717) is 11.3 Å². The molecule has 0 spiro atoms. The smallest absolute Gasteiger partial charge is 0.374 e. The third-order valence-electron chi connectivity index (χ3n) is 2.84. The van der Waals surface area contributed by atoms with E-state index in [9.17, 15) is 14.9 Å². The van der Waals surface area contributed by atoms with Gasteiger partial charge >= 0.3 is 5.97 Å². The number of carbonyl (C=O) groups excluding carboxylic acids is 1. The van der Waals surface area contributed by atoms with Crippen LogP contribution in [0.5, 0.6) is 0 Å². The van der Waals surface area contributed by atoms with Gasteiger partial charge in [-0.15, -0.1) is 0 Å². The predicted molar refractivity (Wildman–Crippen MR) is 76.0 cm³/mol. The average molecular weight is 287 g/mol. The third-order valence-corrected chi connectivity index (χ3v) is 2.84. The first-order chi connectivity index (χ1) is 10.0. The molecule has 0 aliphatic heterocycles. The number of non-ortho nitro benzene ring substituents is 1. The van der Waals surface area contributed by atoms with Gasteiger partial charge in [0.05, 0.1) is 4.92 Å². The Morgan fingerprint density at radius 3 is 2.86 bits per heavy atom. The molecule has 2 aromatic rings. The second-order valence-electron chi connectivity index (χ2n) is 4.31. The molecule has 0 N–H and O–H groups in total. The maximum atomic E-state index is 11.6. The van der Waals surface area contributed by atoms with Gasteiger partial charge in [0.15, 0.2) is 0 Å². The number of aryl methyl sites for hydroxylation is 1. The Balaban J connectivity index is 2.33. The van der Waals surface area contributed by atoms with Crippen LogP contribution in [-0.4, -0.2) is 17.5 Å². The van der Waals surface area contributed by atoms with E-state index in [1.807, 2.05) is 0 Å². The molecule has 6 heteroatoms. The topological polar surface area (TPSA) is 82.6 Å². The minimum Gasteiger partial charge on any atom is -0.456 e. The number of nitrogens with zero attached hydrogens (tertiary/aromatic N) is 1. The second kappa shape index (κ2) is 6.04. The van der Waals surface area contributed by atoms with Gasteiger partial charge in [-0.05, 0) is 24.6 Å². The number of carbonyl (C=O) groups is 1. The van der Waals surface area contributed by atoms with Gasteiger partial charge in [-0.25, -0.2) is 4.79 Å². The lowest BCUT2D eigenvalue weighted by Crippen LogP contribution is -2.03. The number of hydrogen-bond acceptors (Lipinski definition) is 5. The summed E-state index contributed by atoms with van der Waals surface area (Å²) in [5, 5.41) is 10.8. The molecule has 0 unspecified atom stereocenters. The highest BCUT2D eigenvalue weighted by Crippen LogP contribution is 2.29. The minimum atomic E-state index is -0.607. The number of benzene rings is 1. The Bertz CT molecular complexity index is 702. The third kappa shape index (κ3) is 3.17. The van der Waals surface area contributed by atoms with Crippen molar-refractivity contribution in [1.82, 2.24) is 0 Å².